The quantitative estimate of drug-likeness (QED) is 0.316. The van der Waals surface area contributed by atoms with Gasteiger partial charge in [0.1, 0.15) is 5.72 Å². The fourth-order valence-corrected chi connectivity index (χ4v) is 3.15. The summed E-state index contributed by atoms with van der Waals surface area (Å²) in [6, 6.07) is 9.87. The summed E-state index contributed by atoms with van der Waals surface area (Å²) in [5.74, 6) is 0.0353. The number of allylic oxidation sites excluding steroid dienone is 3. The van der Waals surface area contributed by atoms with Crippen LogP contribution >= 0.6 is 0 Å². The Morgan fingerprint density at radius 3 is 2.52 bits per heavy atom. The molecule has 27 heavy (non-hydrogen) atoms. The van der Waals surface area contributed by atoms with Crippen molar-refractivity contribution in [3.8, 4) is 0 Å². The zero-order chi connectivity index (χ0) is 19.5. The molecule has 0 aromatic heterocycles. The van der Waals surface area contributed by atoms with Gasteiger partial charge in [-0.25, -0.2) is 0 Å². The van der Waals surface area contributed by atoms with Gasteiger partial charge in [0.2, 0.25) is 0 Å². The van der Waals surface area contributed by atoms with Crippen molar-refractivity contribution < 1.29 is 9.53 Å². The number of hydrogen-bond acceptors (Lipinski definition) is 3. The van der Waals surface area contributed by atoms with Crippen molar-refractivity contribution in [1.29, 1.82) is 0 Å². The Labute approximate surface area is 164 Å². The lowest BCUT2D eigenvalue weighted by Crippen LogP contribution is -2.41. The first-order valence-electron chi connectivity index (χ1n) is 10.1. The first kappa shape index (κ1) is 21.3. The lowest BCUT2D eigenvalue weighted by atomic mass is 9.94. The minimum atomic E-state index is -0.787. The number of ether oxygens (including phenoxy) is 1. The molecule has 3 heteroatoms. The van der Waals surface area contributed by atoms with Crippen LogP contribution in [-0.2, 0) is 9.53 Å². The number of rotatable bonds is 11. The van der Waals surface area contributed by atoms with Gasteiger partial charge in [-0.15, -0.1) is 0 Å². The van der Waals surface area contributed by atoms with E-state index >= 15 is 0 Å². The number of unbranched alkanes of at least 4 members (excludes halogenated alkanes) is 5. The maximum absolute atomic E-state index is 12.6. The second-order valence-corrected chi connectivity index (χ2v) is 7.34. The third kappa shape index (κ3) is 7.28. The molecule has 0 radical (unpaired) electrons. The molecular formula is C24H33NO2. The van der Waals surface area contributed by atoms with Crippen LogP contribution in [0.3, 0.4) is 0 Å². The maximum Gasteiger partial charge on any atom is 0.188 e. The molecule has 2 N–H and O–H groups in total. The molecule has 1 aliphatic rings. The molecule has 3 nitrogen and oxygen atoms in total. The summed E-state index contributed by atoms with van der Waals surface area (Å²) in [6.45, 7) is 4.74. The predicted octanol–water partition coefficient (Wildman–Crippen LogP) is 5.58. The van der Waals surface area contributed by atoms with E-state index in [4.69, 9.17) is 10.5 Å². The Balaban J connectivity index is 1.80. The Bertz CT molecular complexity index is 688. The highest BCUT2D eigenvalue weighted by atomic mass is 16.5. The Morgan fingerprint density at radius 2 is 1.85 bits per heavy atom. The van der Waals surface area contributed by atoms with E-state index in [1.165, 1.54) is 32.1 Å². The van der Waals surface area contributed by atoms with Crippen LogP contribution in [0.1, 0.15) is 64.4 Å². The van der Waals surface area contributed by atoms with Gasteiger partial charge >= 0.3 is 0 Å². The van der Waals surface area contributed by atoms with E-state index in [1.54, 1.807) is 6.08 Å². The standard InChI is InChI=1S/C24H33NO2/c1-3-4-5-6-7-11-18-27-24(25)16-14-22(15-17-24)23(26)20(2)19-21-12-9-8-10-13-21/h8-10,12-16,19H,3-7,11,17-18,25H2,1-2H3. The minimum Gasteiger partial charge on any atom is -0.357 e. The molecule has 0 aliphatic heterocycles. The minimum absolute atomic E-state index is 0.0353. The van der Waals surface area contributed by atoms with Gasteiger partial charge in [0.05, 0.1) is 0 Å². The third-order valence-electron chi connectivity index (χ3n) is 4.86. The fourth-order valence-electron chi connectivity index (χ4n) is 3.15. The Morgan fingerprint density at radius 1 is 1.15 bits per heavy atom. The zero-order valence-corrected chi connectivity index (χ0v) is 16.7. The number of carbonyl (C=O) groups excluding carboxylic acids is 1. The number of benzene rings is 1. The van der Waals surface area contributed by atoms with E-state index in [9.17, 15) is 4.79 Å². The van der Waals surface area contributed by atoms with Crippen LogP contribution in [0.25, 0.3) is 6.08 Å². The smallest absolute Gasteiger partial charge is 0.188 e. The van der Waals surface area contributed by atoms with Crippen molar-refractivity contribution in [2.45, 2.75) is 64.5 Å². The summed E-state index contributed by atoms with van der Waals surface area (Å²) in [5, 5.41) is 0. The molecule has 1 aromatic rings. The van der Waals surface area contributed by atoms with Crippen LogP contribution in [-0.4, -0.2) is 18.1 Å². The van der Waals surface area contributed by atoms with Crippen molar-refractivity contribution in [2.75, 3.05) is 6.61 Å². The lowest BCUT2D eigenvalue weighted by molar-refractivity contribution is -0.111. The summed E-state index contributed by atoms with van der Waals surface area (Å²) >= 11 is 0. The number of Topliss-reactive ketones (excluding diaryl/α,β-unsaturated/α-hetero) is 1. The zero-order valence-electron chi connectivity index (χ0n) is 16.7. The number of carbonyl (C=O) groups is 1. The van der Waals surface area contributed by atoms with Crippen molar-refractivity contribution >= 4 is 11.9 Å². The first-order valence-corrected chi connectivity index (χ1v) is 10.1. The van der Waals surface area contributed by atoms with Crippen molar-refractivity contribution in [3.63, 3.8) is 0 Å². The highest BCUT2D eigenvalue weighted by Crippen LogP contribution is 2.23. The third-order valence-corrected chi connectivity index (χ3v) is 4.86. The molecule has 1 aromatic carbocycles. The van der Waals surface area contributed by atoms with E-state index in [0.717, 1.165) is 17.6 Å². The molecule has 2 rings (SSSR count). The van der Waals surface area contributed by atoms with Crippen molar-refractivity contribution in [1.82, 2.24) is 0 Å². The largest absolute Gasteiger partial charge is 0.357 e. The SMILES string of the molecule is CCCCCCCCOC1(N)C=CC(C(=O)C(C)=Cc2ccccc2)=CC1. The molecule has 0 saturated carbocycles. The molecule has 0 bridgehead atoms. The molecule has 146 valence electrons. The van der Waals surface area contributed by atoms with Gasteiger partial charge in [-0.2, -0.15) is 0 Å². The summed E-state index contributed by atoms with van der Waals surface area (Å²) in [6.07, 6.45) is 15.3. The molecule has 0 fully saturated rings. The van der Waals surface area contributed by atoms with E-state index in [2.05, 4.69) is 6.92 Å². The van der Waals surface area contributed by atoms with Crippen molar-refractivity contribution in [3.05, 3.63) is 65.3 Å². The van der Waals surface area contributed by atoms with Gasteiger partial charge in [-0.1, -0.05) is 81.5 Å². The Kier molecular flexibility index (Phi) is 8.70. The summed E-state index contributed by atoms with van der Waals surface area (Å²) < 4.78 is 5.88. The van der Waals surface area contributed by atoms with Gasteiger partial charge < -0.3 is 4.74 Å². The second kappa shape index (κ2) is 11.0. The summed E-state index contributed by atoms with van der Waals surface area (Å²) in [7, 11) is 0. The molecule has 0 spiro atoms. The predicted molar refractivity (Wildman–Crippen MR) is 113 cm³/mol. The van der Waals surface area contributed by atoms with Crippen LogP contribution in [0.2, 0.25) is 0 Å². The molecule has 0 amide bonds. The number of nitrogens with two attached hydrogens (primary N) is 1. The fraction of sp³-hybridized carbons (Fsp3) is 0.458. The van der Waals surface area contributed by atoms with Gasteiger partial charge in [0.25, 0.3) is 0 Å². The molecule has 0 heterocycles. The van der Waals surface area contributed by atoms with E-state index in [0.29, 0.717) is 18.6 Å². The van der Waals surface area contributed by atoms with Crippen LogP contribution in [0.4, 0.5) is 0 Å². The highest BCUT2D eigenvalue weighted by molar-refractivity contribution is 6.12. The van der Waals surface area contributed by atoms with Gasteiger partial charge in [-0.3, -0.25) is 10.5 Å². The Hall–Kier alpha value is -1.97. The summed E-state index contributed by atoms with van der Waals surface area (Å²) in [4.78, 5) is 12.6. The monoisotopic (exact) mass is 367 g/mol. The topological polar surface area (TPSA) is 52.3 Å². The van der Waals surface area contributed by atoms with E-state index in [1.807, 2.05) is 55.5 Å². The van der Waals surface area contributed by atoms with E-state index < -0.39 is 5.72 Å². The van der Waals surface area contributed by atoms with Gasteiger partial charge in [0, 0.05) is 18.6 Å². The maximum atomic E-state index is 12.6. The molecule has 0 saturated heterocycles. The molecular weight excluding hydrogens is 334 g/mol. The number of ketones is 1. The first-order chi connectivity index (χ1) is 13.0. The van der Waals surface area contributed by atoms with Crippen molar-refractivity contribution in [2.24, 2.45) is 5.73 Å². The van der Waals surface area contributed by atoms with Crippen LogP contribution in [0.5, 0.6) is 0 Å². The normalized spacial score (nSPS) is 19.8. The van der Waals surface area contributed by atoms with Crippen LogP contribution in [0.15, 0.2) is 59.7 Å². The molecule has 1 unspecified atom stereocenters. The van der Waals surface area contributed by atoms with Gasteiger partial charge in [-0.05, 0) is 36.6 Å². The van der Waals surface area contributed by atoms with E-state index in [-0.39, 0.29) is 5.78 Å². The summed E-state index contributed by atoms with van der Waals surface area (Å²) in [5.41, 5.74) is 7.95. The average Bonchev–Trinajstić information content (AvgIpc) is 2.68. The second-order valence-electron chi connectivity index (χ2n) is 7.34. The van der Waals surface area contributed by atoms with Crippen LogP contribution in [0, 0.1) is 0 Å². The highest BCUT2D eigenvalue weighted by Gasteiger charge is 2.25. The lowest BCUT2D eigenvalue weighted by Gasteiger charge is -2.28. The average molecular weight is 368 g/mol. The number of hydrogen-bond donors (Lipinski definition) is 1. The van der Waals surface area contributed by atoms with Crippen LogP contribution < -0.4 is 5.73 Å². The van der Waals surface area contributed by atoms with Gasteiger partial charge in [0.15, 0.2) is 5.78 Å². The molecule has 1 atom stereocenters. The molecule has 1 aliphatic carbocycles.